The lowest BCUT2D eigenvalue weighted by molar-refractivity contribution is -0.120. The Kier molecular flexibility index (Phi) is 4.00. The third kappa shape index (κ3) is 2.67. The maximum atomic E-state index is 12.1. The molecule has 1 aromatic rings. The number of nitriles is 1. The van der Waals surface area contributed by atoms with Crippen LogP contribution < -0.4 is 15.8 Å². The van der Waals surface area contributed by atoms with E-state index in [1.165, 1.54) is 7.11 Å². The summed E-state index contributed by atoms with van der Waals surface area (Å²) in [6, 6.07) is 6.69. The quantitative estimate of drug-likeness (QED) is 0.824. The lowest BCUT2D eigenvalue weighted by atomic mass is 10.0. The lowest BCUT2D eigenvalue weighted by Crippen LogP contribution is -2.37. The van der Waals surface area contributed by atoms with E-state index in [0.717, 1.165) is 0 Å². The van der Waals surface area contributed by atoms with Gasteiger partial charge in [-0.15, -0.1) is 0 Å². The molecule has 1 saturated heterocycles. The number of ether oxygens (including phenoxy) is 2. The number of methoxy groups -OCH3 is 1. The van der Waals surface area contributed by atoms with Crippen molar-refractivity contribution >= 4 is 11.6 Å². The van der Waals surface area contributed by atoms with Gasteiger partial charge in [-0.2, -0.15) is 5.26 Å². The Hall–Kier alpha value is -2.10. The fraction of sp³-hybridized carbons (Fsp3) is 0.385. The fourth-order valence-electron chi connectivity index (χ4n) is 1.98. The van der Waals surface area contributed by atoms with Crippen LogP contribution in [0.5, 0.6) is 5.75 Å². The molecule has 6 heteroatoms. The Bertz CT molecular complexity index is 524. The molecule has 1 heterocycles. The minimum absolute atomic E-state index is 0.258. The van der Waals surface area contributed by atoms with E-state index in [1.807, 2.05) is 6.07 Å². The monoisotopic (exact) mass is 261 g/mol. The van der Waals surface area contributed by atoms with E-state index < -0.39 is 5.92 Å². The first kappa shape index (κ1) is 13.3. The molecule has 0 bridgehead atoms. The van der Waals surface area contributed by atoms with E-state index >= 15 is 0 Å². The molecule has 0 radical (unpaired) electrons. The molecule has 0 aromatic heterocycles. The molecule has 19 heavy (non-hydrogen) atoms. The highest BCUT2D eigenvalue weighted by Gasteiger charge is 2.32. The second kappa shape index (κ2) is 5.69. The predicted molar refractivity (Wildman–Crippen MR) is 68.6 cm³/mol. The molecule has 1 aliphatic rings. The van der Waals surface area contributed by atoms with Crippen molar-refractivity contribution in [1.82, 2.24) is 0 Å². The number of anilines is 1. The zero-order chi connectivity index (χ0) is 13.8. The maximum Gasteiger partial charge on any atom is 0.231 e. The first-order chi connectivity index (χ1) is 9.17. The van der Waals surface area contributed by atoms with Crippen LogP contribution in [0.2, 0.25) is 0 Å². The molecule has 3 N–H and O–H groups in total. The van der Waals surface area contributed by atoms with Crippen LogP contribution in [-0.2, 0) is 9.53 Å². The van der Waals surface area contributed by atoms with Crippen molar-refractivity contribution in [3.05, 3.63) is 23.8 Å². The Morgan fingerprint density at radius 1 is 1.58 bits per heavy atom. The highest BCUT2D eigenvalue weighted by molar-refractivity contribution is 5.96. The summed E-state index contributed by atoms with van der Waals surface area (Å²) >= 11 is 0. The molecule has 100 valence electrons. The summed E-state index contributed by atoms with van der Waals surface area (Å²) in [4.78, 5) is 12.1. The Morgan fingerprint density at radius 3 is 2.95 bits per heavy atom. The number of nitrogens with zero attached hydrogens (tertiary/aromatic N) is 1. The number of carbonyl (C=O) groups is 1. The highest BCUT2D eigenvalue weighted by atomic mass is 16.5. The maximum absolute atomic E-state index is 12.1. The molecule has 0 saturated carbocycles. The van der Waals surface area contributed by atoms with E-state index in [9.17, 15) is 4.79 Å². The van der Waals surface area contributed by atoms with E-state index in [4.69, 9.17) is 20.5 Å². The number of nitrogens with one attached hydrogen (secondary N) is 1. The van der Waals surface area contributed by atoms with Crippen LogP contribution >= 0.6 is 0 Å². The molecule has 2 unspecified atom stereocenters. The van der Waals surface area contributed by atoms with Crippen LogP contribution in [0.1, 0.15) is 5.56 Å². The smallest absolute Gasteiger partial charge is 0.231 e. The average Bonchev–Trinajstić information content (AvgIpc) is 2.85. The van der Waals surface area contributed by atoms with Gasteiger partial charge in [0.05, 0.1) is 31.8 Å². The SMILES string of the molecule is COc1cccc(C#N)c1NC(=O)C1COCC1N. The summed E-state index contributed by atoms with van der Waals surface area (Å²) in [7, 11) is 1.48. The third-order valence-electron chi connectivity index (χ3n) is 3.08. The number of nitrogens with two attached hydrogens (primary N) is 1. The van der Waals surface area contributed by atoms with Crippen LogP contribution in [0.15, 0.2) is 18.2 Å². The van der Waals surface area contributed by atoms with E-state index in [1.54, 1.807) is 18.2 Å². The number of carbonyl (C=O) groups excluding carboxylic acids is 1. The average molecular weight is 261 g/mol. The van der Waals surface area contributed by atoms with E-state index in [2.05, 4.69) is 5.32 Å². The molecule has 2 atom stereocenters. The summed E-state index contributed by atoms with van der Waals surface area (Å²) < 4.78 is 10.3. The first-order valence-corrected chi connectivity index (χ1v) is 5.88. The Morgan fingerprint density at radius 2 is 2.37 bits per heavy atom. The zero-order valence-corrected chi connectivity index (χ0v) is 10.6. The summed E-state index contributed by atoms with van der Waals surface area (Å²) in [5.41, 5.74) is 6.51. The van der Waals surface area contributed by atoms with Gasteiger partial charge in [0.15, 0.2) is 0 Å². The van der Waals surface area contributed by atoms with Crippen LogP contribution in [0.25, 0.3) is 0 Å². The third-order valence-corrected chi connectivity index (χ3v) is 3.08. The number of para-hydroxylation sites is 1. The summed E-state index contributed by atoms with van der Waals surface area (Å²) in [5, 5.41) is 11.8. The van der Waals surface area contributed by atoms with Gasteiger partial charge in [-0.1, -0.05) is 6.07 Å². The number of rotatable bonds is 3. The molecular formula is C13H15N3O3. The molecule has 2 rings (SSSR count). The van der Waals surface area contributed by atoms with Crippen molar-refractivity contribution in [1.29, 1.82) is 5.26 Å². The van der Waals surface area contributed by atoms with Crippen LogP contribution in [-0.4, -0.2) is 32.3 Å². The molecule has 1 fully saturated rings. The van der Waals surface area contributed by atoms with Gasteiger partial charge in [0.1, 0.15) is 17.5 Å². The zero-order valence-electron chi connectivity index (χ0n) is 10.6. The van der Waals surface area contributed by atoms with Crippen LogP contribution in [0.3, 0.4) is 0 Å². The van der Waals surface area contributed by atoms with Gasteiger partial charge in [0, 0.05) is 6.04 Å². The molecule has 0 spiro atoms. The minimum atomic E-state index is -0.406. The van der Waals surface area contributed by atoms with Crippen molar-refractivity contribution in [2.75, 3.05) is 25.6 Å². The Balaban J connectivity index is 2.23. The number of benzene rings is 1. The summed E-state index contributed by atoms with van der Waals surface area (Å²) in [6.07, 6.45) is 0. The molecule has 0 aliphatic carbocycles. The van der Waals surface area contributed by atoms with Crippen molar-refractivity contribution in [2.24, 2.45) is 11.7 Å². The predicted octanol–water partition coefficient (Wildman–Crippen LogP) is 0.479. The van der Waals surface area contributed by atoms with Crippen LogP contribution in [0, 0.1) is 17.2 Å². The minimum Gasteiger partial charge on any atom is -0.495 e. The van der Waals surface area contributed by atoms with Crippen molar-refractivity contribution in [2.45, 2.75) is 6.04 Å². The number of amides is 1. The molecule has 1 aliphatic heterocycles. The summed E-state index contributed by atoms with van der Waals surface area (Å²) in [5.74, 6) is -0.220. The van der Waals surface area contributed by atoms with Gasteiger partial charge in [-0.3, -0.25) is 4.79 Å². The second-order valence-electron chi connectivity index (χ2n) is 4.29. The largest absolute Gasteiger partial charge is 0.495 e. The normalized spacial score (nSPS) is 21.7. The van der Waals surface area contributed by atoms with Gasteiger partial charge in [-0.25, -0.2) is 0 Å². The first-order valence-electron chi connectivity index (χ1n) is 5.88. The Labute approximate surface area is 111 Å². The second-order valence-corrected chi connectivity index (χ2v) is 4.29. The van der Waals surface area contributed by atoms with E-state index in [0.29, 0.717) is 30.2 Å². The molecule has 6 nitrogen and oxygen atoms in total. The number of hydrogen-bond acceptors (Lipinski definition) is 5. The van der Waals surface area contributed by atoms with Gasteiger partial charge in [-0.05, 0) is 12.1 Å². The van der Waals surface area contributed by atoms with Crippen molar-refractivity contribution in [3.63, 3.8) is 0 Å². The molecule has 1 amide bonds. The summed E-state index contributed by atoms with van der Waals surface area (Å²) in [6.45, 7) is 0.666. The van der Waals surface area contributed by atoms with E-state index in [-0.39, 0.29) is 11.9 Å². The van der Waals surface area contributed by atoms with Crippen molar-refractivity contribution in [3.8, 4) is 11.8 Å². The van der Waals surface area contributed by atoms with Gasteiger partial charge in [0.2, 0.25) is 5.91 Å². The fourth-order valence-corrected chi connectivity index (χ4v) is 1.98. The topological polar surface area (TPSA) is 97.4 Å². The standard InChI is InChI=1S/C13H15N3O3/c1-18-11-4-2-3-8(5-14)12(11)16-13(17)9-6-19-7-10(9)15/h2-4,9-10H,6-7,15H2,1H3,(H,16,17). The van der Waals surface area contributed by atoms with Gasteiger partial charge < -0.3 is 20.5 Å². The highest BCUT2D eigenvalue weighted by Crippen LogP contribution is 2.28. The number of hydrogen-bond donors (Lipinski definition) is 2. The van der Waals surface area contributed by atoms with Crippen molar-refractivity contribution < 1.29 is 14.3 Å². The molecular weight excluding hydrogens is 246 g/mol. The van der Waals surface area contributed by atoms with Crippen LogP contribution in [0.4, 0.5) is 5.69 Å². The molecule has 1 aromatic carbocycles. The van der Waals surface area contributed by atoms with Gasteiger partial charge in [0.25, 0.3) is 0 Å². The van der Waals surface area contributed by atoms with Gasteiger partial charge >= 0.3 is 0 Å². The lowest BCUT2D eigenvalue weighted by Gasteiger charge is -2.16.